The molecule has 0 saturated carbocycles. The first-order chi connectivity index (χ1) is 9.61. The number of aromatic nitrogens is 2. The third-order valence-electron chi connectivity index (χ3n) is 3.02. The minimum Gasteiger partial charge on any atom is -0.303 e. The molecule has 0 aliphatic carbocycles. The molecule has 1 N–H and O–H groups in total. The van der Waals surface area contributed by atoms with E-state index >= 15 is 0 Å². The molecule has 1 unspecified atom stereocenters. The van der Waals surface area contributed by atoms with Gasteiger partial charge < -0.3 is 5.32 Å². The van der Waals surface area contributed by atoms with Crippen molar-refractivity contribution in [1.82, 2.24) is 15.3 Å². The molecule has 108 valence electrons. The van der Waals surface area contributed by atoms with Gasteiger partial charge >= 0.3 is 0 Å². The Kier molecular flexibility index (Phi) is 5.69. The summed E-state index contributed by atoms with van der Waals surface area (Å²) < 4.78 is 0.998. The number of nitrogens with zero attached hydrogens (tertiary/aromatic N) is 2. The average molecular weight is 354 g/mol. The smallest absolute Gasteiger partial charge is 0.116 e. The minimum atomic E-state index is 0.0838. The zero-order chi connectivity index (χ0) is 14.5. The van der Waals surface area contributed by atoms with Crippen LogP contribution in [0.3, 0.4) is 0 Å². The zero-order valence-corrected chi connectivity index (χ0v) is 14.5. The van der Waals surface area contributed by atoms with Gasteiger partial charge in [0.2, 0.25) is 0 Å². The monoisotopic (exact) mass is 353 g/mol. The summed E-state index contributed by atoms with van der Waals surface area (Å²) in [6.45, 7) is 7.47. The summed E-state index contributed by atoms with van der Waals surface area (Å²) in [7, 11) is 0. The number of rotatable bonds is 6. The van der Waals surface area contributed by atoms with E-state index in [1.165, 1.54) is 0 Å². The van der Waals surface area contributed by atoms with Gasteiger partial charge in [0.1, 0.15) is 11.0 Å². The van der Waals surface area contributed by atoms with Gasteiger partial charge in [-0.1, -0.05) is 20.8 Å². The van der Waals surface area contributed by atoms with E-state index in [1.807, 2.05) is 18.3 Å². The van der Waals surface area contributed by atoms with Gasteiger partial charge in [-0.2, -0.15) is 0 Å². The van der Waals surface area contributed by atoms with E-state index < -0.39 is 0 Å². The molecular weight excluding hydrogens is 334 g/mol. The van der Waals surface area contributed by atoms with Crippen molar-refractivity contribution in [3.8, 4) is 0 Å². The number of halogens is 1. The van der Waals surface area contributed by atoms with Crippen molar-refractivity contribution in [3.63, 3.8) is 0 Å². The van der Waals surface area contributed by atoms with Crippen LogP contribution in [-0.2, 0) is 0 Å². The van der Waals surface area contributed by atoms with Crippen LogP contribution in [0.1, 0.15) is 55.5 Å². The Morgan fingerprint density at radius 3 is 2.65 bits per heavy atom. The van der Waals surface area contributed by atoms with Crippen LogP contribution < -0.4 is 5.32 Å². The molecule has 0 aromatic carbocycles. The van der Waals surface area contributed by atoms with Gasteiger partial charge in [0.05, 0.1) is 11.4 Å². The molecule has 0 bridgehead atoms. The van der Waals surface area contributed by atoms with Crippen molar-refractivity contribution in [2.75, 3.05) is 6.54 Å². The van der Waals surface area contributed by atoms with Crippen LogP contribution in [-0.4, -0.2) is 16.5 Å². The van der Waals surface area contributed by atoms with Crippen LogP contribution in [0.25, 0.3) is 0 Å². The van der Waals surface area contributed by atoms with Gasteiger partial charge in [-0.3, -0.25) is 4.98 Å². The summed E-state index contributed by atoms with van der Waals surface area (Å²) in [4.78, 5) is 9.29. The lowest BCUT2D eigenvalue weighted by Crippen LogP contribution is -2.24. The maximum atomic E-state index is 4.77. The summed E-state index contributed by atoms with van der Waals surface area (Å²) in [6, 6.07) is 4.16. The summed E-state index contributed by atoms with van der Waals surface area (Å²) >= 11 is 5.14. The van der Waals surface area contributed by atoms with Crippen molar-refractivity contribution in [3.05, 3.63) is 44.6 Å². The molecule has 2 rings (SSSR count). The highest BCUT2D eigenvalue weighted by Gasteiger charge is 2.19. The Bertz CT molecular complexity index is 536. The fourth-order valence-corrected chi connectivity index (χ4v) is 3.16. The molecule has 5 heteroatoms. The van der Waals surface area contributed by atoms with Gasteiger partial charge in [-0.25, -0.2) is 4.98 Å². The summed E-state index contributed by atoms with van der Waals surface area (Å²) in [5.41, 5.74) is 2.18. The highest BCUT2D eigenvalue weighted by Crippen LogP contribution is 2.27. The molecular formula is C15H20BrN3S. The van der Waals surface area contributed by atoms with E-state index in [9.17, 15) is 0 Å². The lowest BCUT2D eigenvalue weighted by atomic mass is 10.1. The number of nitrogens with one attached hydrogen (secondary N) is 1. The fraction of sp³-hybridized carbons (Fsp3) is 0.467. The third kappa shape index (κ3) is 3.87. The largest absolute Gasteiger partial charge is 0.303 e. The van der Waals surface area contributed by atoms with E-state index in [1.54, 1.807) is 11.3 Å². The van der Waals surface area contributed by atoms with Crippen molar-refractivity contribution in [2.45, 2.75) is 39.2 Å². The first-order valence-corrected chi connectivity index (χ1v) is 8.59. The molecule has 3 nitrogen and oxygen atoms in total. The highest BCUT2D eigenvalue weighted by atomic mass is 79.9. The fourth-order valence-electron chi connectivity index (χ4n) is 1.86. The molecule has 2 aromatic rings. The zero-order valence-electron chi connectivity index (χ0n) is 12.1. The molecule has 1 atom stereocenters. The molecule has 0 aliphatic rings. The normalized spacial score (nSPS) is 12.8. The average Bonchev–Trinajstić information content (AvgIpc) is 2.91. The second-order valence-electron chi connectivity index (χ2n) is 5.05. The van der Waals surface area contributed by atoms with Crippen LogP contribution in [0, 0.1) is 0 Å². The molecule has 0 radical (unpaired) electrons. The molecule has 20 heavy (non-hydrogen) atoms. The lowest BCUT2D eigenvalue weighted by Gasteiger charge is -2.15. The van der Waals surface area contributed by atoms with Crippen molar-refractivity contribution in [1.29, 1.82) is 0 Å². The predicted molar refractivity (Wildman–Crippen MR) is 88.3 cm³/mol. The number of hydrogen-bond acceptors (Lipinski definition) is 4. The van der Waals surface area contributed by atoms with Crippen molar-refractivity contribution in [2.24, 2.45) is 0 Å². The van der Waals surface area contributed by atoms with Crippen molar-refractivity contribution >= 4 is 27.3 Å². The Morgan fingerprint density at radius 1 is 1.30 bits per heavy atom. The molecule has 0 spiro atoms. The Hall–Kier alpha value is -0.780. The number of pyridine rings is 1. The first-order valence-electron chi connectivity index (χ1n) is 6.92. The molecule has 2 aromatic heterocycles. The van der Waals surface area contributed by atoms with Crippen LogP contribution >= 0.6 is 27.3 Å². The van der Waals surface area contributed by atoms with Gasteiger partial charge in [0, 0.05) is 16.0 Å². The maximum absolute atomic E-state index is 4.77. The van der Waals surface area contributed by atoms with Crippen LogP contribution in [0.15, 0.2) is 28.2 Å². The summed E-state index contributed by atoms with van der Waals surface area (Å²) in [5, 5.41) is 6.79. The van der Waals surface area contributed by atoms with Gasteiger partial charge in [0.25, 0.3) is 0 Å². The van der Waals surface area contributed by atoms with Gasteiger partial charge in [-0.15, -0.1) is 11.3 Å². The second-order valence-corrected chi connectivity index (χ2v) is 6.86. The number of hydrogen-bond donors (Lipinski definition) is 1. The van der Waals surface area contributed by atoms with Crippen LogP contribution in [0.2, 0.25) is 0 Å². The van der Waals surface area contributed by atoms with E-state index in [0.717, 1.165) is 33.8 Å². The van der Waals surface area contributed by atoms with Crippen molar-refractivity contribution < 1.29 is 0 Å². The standard InChI is InChI=1S/C15H20BrN3S/c1-4-7-17-14(12-6-5-11(16)8-18-12)15-19-13(9-20-15)10(2)3/h5-6,8-10,14,17H,4,7H2,1-3H3. The summed E-state index contributed by atoms with van der Waals surface area (Å²) in [6.07, 6.45) is 2.93. The van der Waals surface area contributed by atoms with Gasteiger partial charge in [-0.05, 0) is 46.9 Å². The molecule has 0 amide bonds. The first kappa shape index (κ1) is 15.6. The SMILES string of the molecule is CCCNC(c1ccc(Br)cn1)c1nc(C(C)C)cs1. The summed E-state index contributed by atoms with van der Waals surface area (Å²) in [5.74, 6) is 0.463. The van der Waals surface area contributed by atoms with Crippen LogP contribution in [0.4, 0.5) is 0 Å². The Balaban J connectivity index is 2.28. The topological polar surface area (TPSA) is 37.8 Å². The Morgan fingerprint density at radius 2 is 2.10 bits per heavy atom. The second kappa shape index (κ2) is 7.29. The predicted octanol–water partition coefficient (Wildman–Crippen LogP) is 4.51. The van der Waals surface area contributed by atoms with Crippen LogP contribution in [0.5, 0.6) is 0 Å². The third-order valence-corrected chi connectivity index (χ3v) is 4.42. The maximum Gasteiger partial charge on any atom is 0.116 e. The van der Waals surface area contributed by atoms with E-state index in [2.05, 4.69) is 52.4 Å². The molecule has 0 aliphatic heterocycles. The molecule has 0 fully saturated rings. The number of thiazole rings is 1. The van der Waals surface area contributed by atoms with Gasteiger partial charge in [0.15, 0.2) is 0 Å². The molecule has 0 saturated heterocycles. The minimum absolute atomic E-state index is 0.0838. The quantitative estimate of drug-likeness (QED) is 0.829. The lowest BCUT2D eigenvalue weighted by molar-refractivity contribution is 0.581. The highest BCUT2D eigenvalue weighted by molar-refractivity contribution is 9.10. The Labute approximate surface area is 133 Å². The van der Waals surface area contributed by atoms with E-state index in [0.29, 0.717) is 5.92 Å². The van der Waals surface area contributed by atoms with E-state index in [4.69, 9.17) is 4.98 Å². The van der Waals surface area contributed by atoms with E-state index in [-0.39, 0.29) is 6.04 Å². The molecule has 2 heterocycles.